The molecule has 0 fully saturated rings. The second kappa shape index (κ2) is 5.70. The Morgan fingerprint density at radius 3 is 2.25 bits per heavy atom. The standard InChI is InChI=1S/C10H18O2/c1-4-5-6-7-8(2)9(3)10(11)12/h7,11-12H,4-6H2,1-3H3/b8-7+. The van der Waals surface area contributed by atoms with E-state index in [1.807, 2.05) is 13.0 Å². The summed E-state index contributed by atoms with van der Waals surface area (Å²) < 4.78 is 0. The summed E-state index contributed by atoms with van der Waals surface area (Å²) in [5.74, 6) is -0.569. The average Bonchev–Trinajstić information content (AvgIpc) is 2.03. The van der Waals surface area contributed by atoms with Gasteiger partial charge in [-0.25, -0.2) is 0 Å². The SMILES string of the molecule is CCCC/C=C(\C)C(C)=C(O)O. The second-order valence-electron chi connectivity index (χ2n) is 2.98. The molecule has 0 saturated heterocycles. The van der Waals surface area contributed by atoms with Gasteiger partial charge in [0, 0.05) is 5.57 Å². The normalized spacial score (nSPS) is 11.4. The fraction of sp³-hybridized carbons (Fsp3) is 0.600. The molecule has 2 heteroatoms. The number of hydrogen-bond donors (Lipinski definition) is 2. The van der Waals surface area contributed by atoms with Crippen molar-refractivity contribution in [2.75, 3.05) is 0 Å². The average molecular weight is 170 g/mol. The molecule has 0 heterocycles. The maximum Gasteiger partial charge on any atom is 0.277 e. The fourth-order valence-electron chi connectivity index (χ4n) is 0.852. The molecule has 0 aliphatic carbocycles. The van der Waals surface area contributed by atoms with E-state index in [2.05, 4.69) is 6.92 Å². The van der Waals surface area contributed by atoms with Gasteiger partial charge < -0.3 is 10.2 Å². The zero-order valence-electron chi connectivity index (χ0n) is 8.09. The van der Waals surface area contributed by atoms with E-state index in [-0.39, 0.29) is 0 Å². The first-order valence-electron chi connectivity index (χ1n) is 4.35. The topological polar surface area (TPSA) is 40.5 Å². The molecule has 0 bridgehead atoms. The molecule has 12 heavy (non-hydrogen) atoms. The molecule has 0 radical (unpaired) electrons. The Bertz CT molecular complexity index is 186. The molecule has 0 atom stereocenters. The highest BCUT2D eigenvalue weighted by atomic mass is 16.5. The van der Waals surface area contributed by atoms with Gasteiger partial charge in [0.1, 0.15) is 0 Å². The third-order valence-corrected chi connectivity index (χ3v) is 1.94. The summed E-state index contributed by atoms with van der Waals surface area (Å²) in [6, 6.07) is 0. The van der Waals surface area contributed by atoms with Gasteiger partial charge in [-0.3, -0.25) is 0 Å². The Balaban J connectivity index is 4.10. The van der Waals surface area contributed by atoms with Crippen molar-refractivity contribution >= 4 is 0 Å². The van der Waals surface area contributed by atoms with Crippen LogP contribution in [0.25, 0.3) is 0 Å². The van der Waals surface area contributed by atoms with Crippen molar-refractivity contribution in [1.29, 1.82) is 0 Å². The van der Waals surface area contributed by atoms with Crippen LogP contribution in [0.2, 0.25) is 0 Å². The molecule has 2 nitrogen and oxygen atoms in total. The Morgan fingerprint density at radius 1 is 1.25 bits per heavy atom. The van der Waals surface area contributed by atoms with Gasteiger partial charge in [-0.2, -0.15) is 0 Å². The van der Waals surface area contributed by atoms with Gasteiger partial charge in [-0.05, 0) is 25.8 Å². The molecule has 0 aromatic carbocycles. The summed E-state index contributed by atoms with van der Waals surface area (Å²) in [6.07, 6.45) is 5.35. The zero-order valence-corrected chi connectivity index (χ0v) is 8.09. The summed E-state index contributed by atoms with van der Waals surface area (Å²) in [4.78, 5) is 0. The molecule has 0 spiro atoms. The first-order chi connectivity index (χ1) is 5.59. The highest BCUT2D eigenvalue weighted by molar-refractivity contribution is 5.26. The number of allylic oxidation sites excluding steroid dienone is 3. The lowest BCUT2D eigenvalue weighted by molar-refractivity contribution is 0.186. The van der Waals surface area contributed by atoms with Crippen molar-refractivity contribution in [3.05, 3.63) is 23.2 Å². The van der Waals surface area contributed by atoms with Crippen LogP contribution >= 0.6 is 0 Å². The predicted octanol–water partition coefficient (Wildman–Crippen LogP) is 3.47. The van der Waals surface area contributed by atoms with Crippen LogP contribution in [-0.2, 0) is 0 Å². The van der Waals surface area contributed by atoms with Gasteiger partial charge >= 0.3 is 0 Å². The molecule has 0 unspecified atom stereocenters. The largest absolute Gasteiger partial charge is 0.481 e. The highest BCUT2D eigenvalue weighted by Gasteiger charge is 1.98. The van der Waals surface area contributed by atoms with Crippen LogP contribution in [0.3, 0.4) is 0 Å². The van der Waals surface area contributed by atoms with Crippen molar-refractivity contribution in [3.63, 3.8) is 0 Å². The van der Waals surface area contributed by atoms with Crippen molar-refractivity contribution in [3.8, 4) is 0 Å². The van der Waals surface area contributed by atoms with E-state index in [1.54, 1.807) is 6.92 Å². The number of unbranched alkanes of at least 4 members (excludes halogenated alkanes) is 2. The molecular formula is C10H18O2. The maximum absolute atomic E-state index is 8.74. The summed E-state index contributed by atoms with van der Waals surface area (Å²) in [7, 11) is 0. The van der Waals surface area contributed by atoms with E-state index in [4.69, 9.17) is 10.2 Å². The van der Waals surface area contributed by atoms with Crippen LogP contribution in [0, 0.1) is 0 Å². The quantitative estimate of drug-likeness (QED) is 0.385. The third-order valence-electron chi connectivity index (χ3n) is 1.94. The highest BCUT2D eigenvalue weighted by Crippen LogP contribution is 2.12. The van der Waals surface area contributed by atoms with Gasteiger partial charge in [-0.15, -0.1) is 0 Å². The van der Waals surface area contributed by atoms with Crippen molar-refractivity contribution in [2.45, 2.75) is 40.0 Å². The predicted molar refractivity (Wildman–Crippen MR) is 51.2 cm³/mol. The molecule has 0 aromatic heterocycles. The van der Waals surface area contributed by atoms with Crippen molar-refractivity contribution in [1.82, 2.24) is 0 Å². The molecule has 2 N–H and O–H groups in total. The van der Waals surface area contributed by atoms with Gasteiger partial charge in [0.05, 0.1) is 0 Å². The minimum Gasteiger partial charge on any atom is -0.481 e. The summed E-state index contributed by atoms with van der Waals surface area (Å²) in [6.45, 7) is 5.72. The van der Waals surface area contributed by atoms with Gasteiger partial charge in [0.25, 0.3) is 5.95 Å². The Kier molecular flexibility index (Phi) is 5.26. The van der Waals surface area contributed by atoms with Crippen molar-refractivity contribution < 1.29 is 10.2 Å². The number of hydrogen-bond acceptors (Lipinski definition) is 2. The number of aliphatic hydroxyl groups excluding tert-OH is 1. The van der Waals surface area contributed by atoms with Crippen LogP contribution in [0.1, 0.15) is 40.0 Å². The summed E-state index contributed by atoms with van der Waals surface area (Å²) >= 11 is 0. The molecule has 0 aromatic rings. The Hall–Kier alpha value is -0.920. The minimum atomic E-state index is -0.569. The lowest BCUT2D eigenvalue weighted by Crippen LogP contribution is -1.87. The van der Waals surface area contributed by atoms with Gasteiger partial charge in [0.2, 0.25) is 0 Å². The first kappa shape index (κ1) is 11.1. The number of aliphatic hydroxyl groups is 2. The third kappa shape index (κ3) is 4.06. The van der Waals surface area contributed by atoms with Crippen molar-refractivity contribution in [2.24, 2.45) is 0 Å². The second-order valence-corrected chi connectivity index (χ2v) is 2.98. The van der Waals surface area contributed by atoms with E-state index >= 15 is 0 Å². The zero-order chi connectivity index (χ0) is 9.56. The molecule has 0 aliphatic heterocycles. The Labute approximate surface area is 74.2 Å². The lowest BCUT2D eigenvalue weighted by atomic mass is 10.1. The monoisotopic (exact) mass is 170 g/mol. The lowest BCUT2D eigenvalue weighted by Gasteiger charge is -2.00. The molecule has 0 amide bonds. The van der Waals surface area contributed by atoms with E-state index in [0.717, 1.165) is 24.8 Å². The molecule has 70 valence electrons. The molecule has 0 rings (SSSR count). The number of rotatable bonds is 4. The minimum absolute atomic E-state index is 0.561. The summed E-state index contributed by atoms with van der Waals surface area (Å²) in [5.41, 5.74) is 1.51. The van der Waals surface area contributed by atoms with E-state index < -0.39 is 5.95 Å². The van der Waals surface area contributed by atoms with Crippen LogP contribution in [0.15, 0.2) is 23.2 Å². The van der Waals surface area contributed by atoms with Crippen LogP contribution in [0.5, 0.6) is 0 Å². The van der Waals surface area contributed by atoms with E-state index in [0.29, 0.717) is 5.57 Å². The van der Waals surface area contributed by atoms with Crippen LogP contribution in [-0.4, -0.2) is 10.2 Å². The maximum atomic E-state index is 8.74. The van der Waals surface area contributed by atoms with Crippen LogP contribution in [0.4, 0.5) is 0 Å². The van der Waals surface area contributed by atoms with Crippen LogP contribution < -0.4 is 0 Å². The molecular weight excluding hydrogens is 152 g/mol. The first-order valence-corrected chi connectivity index (χ1v) is 4.35. The van der Waals surface area contributed by atoms with E-state index in [9.17, 15) is 0 Å². The van der Waals surface area contributed by atoms with Gasteiger partial charge in [-0.1, -0.05) is 25.8 Å². The smallest absolute Gasteiger partial charge is 0.277 e. The van der Waals surface area contributed by atoms with Gasteiger partial charge in [0.15, 0.2) is 0 Å². The summed E-state index contributed by atoms with van der Waals surface area (Å²) in [5, 5.41) is 17.5. The molecule has 0 aliphatic rings. The molecule has 0 saturated carbocycles. The van der Waals surface area contributed by atoms with E-state index in [1.165, 1.54) is 0 Å². The fourth-order valence-corrected chi connectivity index (χ4v) is 0.852. The Morgan fingerprint density at radius 2 is 1.83 bits per heavy atom.